The summed E-state index contributed by atoms with van der Waals surface area (Å²) < 4.78 is 0. The van der Waals surface area contributed by atoms with Gasteiger partial charge in [-0.1, -0.05) is 67.2 Å². The van der Waals surface area contributed by atoms with E-state index in [0.29, 0.717) is 11.1 Å². The van der Waals surface area contributed by atoms with E-state index in [1.54, 1.807) is 30.3 Å². The van der Waals surface area contributed by atoms with E-state index in [0.717, 1.165) is 10.5 Å². The molecule has 1 unspecified atom stereocenters. The van der Waals surface area contributed by atoms with Gasteiger partial charge in [0, 0.05) is 23.8 Å². The van der Waals surface area contributed by atoms with E-state index in [4.69, 9.17) is 0 Å². The Labute approximate surface area is 146 Å². The summed E-state index contributed by atoms with van der Waals surface area (Å²) in [6.45, 7) is 3.50. The highest BCUT2D eigenvalue weighted by Crippen LogP contribution is 2.30. The molecule has 3 rings (SSSR count). The third kappa shape index (κ3) is 3.33. The number of benzene rings is 2. The maximum absolute atomic E-state index is 13.0. The Morgan fingerprint density at radius 1 is 1.00 bits per heavy atom. The molecule has 0 aromatic heterocycles. The van der Waals surface area contributed by atoms with Gasteiger partial charge in [-0.3, -0.25) is 19.3 Å². The zero-order chi connectivity index (χ0) is 17.8. The lowest BCUT2D eigenvalue weighted by molar-refractivity contribution is -0.135. The van der Waals surface area contributed by atoms with Crippen LogP contribution in [0.2, 0.25) is 0 Å². The molecule has 0 bridgehead atoms. The largest absolute Gasteiger partial charge is 0.289 e. The molecule has 4 heteroatoms. The molecule has 2 amide bonds. The number of carbonyl (C=O) groups excluding carboxylic acids is 3. The van der Waals surface area contributed by atoms with Crippen molar-refractivity contribution in [3.63, 3.8) is 0 Å². The van der Waals surface area contributed by atoms with Crippen molar-refractivity contribution < 1.29 is 14.4 Å². The first-order valence-corrected chi connectivity index (χ1v) is 7.96. The SMILES string of the molecule is C=CN1C(=O)CC(/C(=C\c2ccccc2)C(=O)c2ccccc2)C1=O. The van der Waals surface area contributed by atoms with Crippen LogP contribution in [0.5, 0.6) is 0 Å². The van der Waals surface area contributed by atoms with Crippen LogP contribution in [0.25, 0.3) is 6.08 Å². The normalized spacial score (nSPS) is 17.7. The smallest absolute Gasteiger partial charge is 0.241 e. The Morgan fingerprint density at radius 3 is 2.16 bits per heavy atom. The fourth-order valence-electron chi connectivity index (χ4n) is 2.90. The van der Waals surface area contributed by atoms with E-state index in [9.17, 15) is 14.4 Å². The van der Waals surface area contributed by atoms with Crippen LogP contribution in [0.4, 0.5) is 0 Å². The van der Waals surface area contributed by atoms with Gasteiger partial charge in [0.15, 0.2) is 5.78 Å². The number of amides is 2. The van der Waals surface area contributed by atoms with Crippen LogP contribution in [0.3, 0.4) is 0 Å². The number of Topliss-reactive ketones (excluding diaryl/α,β-unsaturated/α-hetero) is 1. The number of hydrogen-bond acceptors (Lipinski definition) is 3. The minimum absolute atomic E-state index is 0.0257. The molecule has 2 aromatic rings. The minimum Gasteiger partial charge on any atom is -0.289 e. The summed E-state index contributed by atoms with van der Waals surface area (Å²) >= 11 is 0. The van der Waals surface area contributed by atoms with Crippen LogP contribution in [0.1, 0.15) is 22.3 Å². The van der Waals surface area contributed by atoms with Gasteiger partial charge in [-0.15, -0.1) is 0 Å². The Kier molecular flexibility index (Phi) is 4.70. The number of hydrogen-bond donors (Lipinski definition) is 0. The van der Waals surface area contributed by atoms with Gasteiger partial charge in [0.2, 0.25) is 11.8 Å². The molecule has 2 aromatic carbocycles. The van der Waals surface area contributed by atoms with Gasteiger partial charge < -0.3 is 0 Å². The third-order valence-corrected chi connectivity index (χ3v) is 4.16. The lowest BCUT2D eigenvalue weighted by Gasteiger charge is -2.13. The average molecular weight is 331 g/mol. The van der Waals surface area contributed by atoms with E-state index < -0.39 is 11.8 Å². The van der Waals surface area contributed by atoms with Gasteiger partial charge >= 0.3 is 0 Å². The summed E-state index contributed by atoms with van der Waals surface area (Å²) in [6, 6.07) is 18.1. The highest BCUT2D eigenvalue weighted by atomic mass is 16.2. The first-order chi connectivity index (χ1) is 12.1. The van der Waals surface area contributed by atoms with Crippen LogP contribution in [-0.4, -0.2) is 22.5 Å². The second-order valence-electron chi connectivity index (χ2n) is 5.75. The van der Waals surface area contributed by atoms with Gasteiger partial charge in [0.1, 0.15) is 0 Å². The summed E-state index contributed by atoms with van der Waals surface area (Å²) in [6.07, 6.45) is 2.87. The van der Waals surface area contributed by atoms with Crippen LogP contribution >= 0.6 is 0 Å². The maximum Gasteiger partial charge on any atom is 0.241 e. The van der Waals surface area contributed by atoms with Crippen molar-refractivity contribution in [2.45, 2.75) is 6.42 Å². The van der Waals surface area contributed by atoms with Crippen molar-refractivity contribution in [3.8, 4) is 0 Å². The first kappa shape index (κ1) is 16.6. The van der Waals surface area contributed by atoms with Crippen molar-refractivity contribution in [1.82, 2.24) is 4.90 Å². The first-order valence-electron chi connectivity index (χ1n) is 7.96. The Hall–Kier alpha value is -3.27. The Balaban J connectivity index is 2.06. The molecule has 25 heavy (non-hydrogen) atoms. The lowest BCUT2D eigenvalue weighted by Crippen LogP contribution is -2.26. The quantitative estimate of drug-likeness (QED) is 0.479. The van der Waals surface area contributed by atoms with Gasteiger partial charge in [-0.05, 0) is 11.6 Å². The molecule has 0 spiro atoms. The molecule has 1 saturated heterocycles. The molecule has 0 N–H and O–H groups in total. The highest BCUT2D eigenvalue weighted by molar-refractivity contribution is 6.18. The van der Waals surface area contributed by atoms with Gasteiger partial charge in [-0.25, -0.2) is 0 Å². The number of ketones is 1. The Bertz CT molecular complexity index is 853. The molecule has 0 radical (unpaired) electrons. The third-order valence-electron chi connectivity index (χ3n) is 4.16. The fraction of sp³-hybridized carbons (Fsp3) is 0.0952. The molecule has 124 valence electrons. The topological polar surface area (TPSA) is 54.5 Å². The minimum atomic E-state index is -0.793. The molecule has 1 fully saturated rings. The maximum atomic E-state index is 13.0. The van der Waals surface area contributed by atoms with E-state index in [2.05, 4.69) is 6.58 Å². The van der Waals surface area contributed by atoms with Gasteiger partial charge in [0.25, 0.3) is 0 Å². The zero-order valence-electron chi connectivity index (χ0n) is 13.6. The van der Waals surface area contributed by atoms with E-state index in [1.807, 2.05) is 36.4 Å². The van der Waals surface area contributed by atoms with Crippen molar-refractivity contribution in [2.75, 3.05) is 0 Å². The number of nitrogens with zero attached hydrogens (tertiary/aromatic N) is 1. The molecule has 1 atom stereocenters. The molecule has 0 saturated carbocycles. The molecule has 1 aliphatic rings. The van der Waals surface area contributed by atoms with Gasteiger partial charge in [-0.2, -0.15) is 0 Å². The average Bonchev–Trinajstić information content (AvgIpc) is 2.94. The second-order valence-corrected chi connectivity index (χ2v) is 5.75. The number of likely N-dealkylation sites (tertiary alicyclic amines) is 1. The monoisotopic (exact) mass is 331 g/mol. The molecular weight excluding hydrogens is 314 g/mol. The van der Waals surface area contributed by atoms with Crippen LogP contribution < -0.4 is 0 Å². The molecular formula is C21H17NO3. The highest BCUT2D eigenvalue weighted by Gasteiger charge is 2.41. The predicted molar refractivity (Wildman–Crippen MR) is 95.3 cm³/mol. The van der Waals surface area contributed by atoms with Crippen molar-refractivity contribution in [3.05, 3.63) is 90.1 Å². The standard InChI is InChI=1S/C21H17NO3/c1-2-22-19(23)14-18(21(22)25)17(13-15-9-5-3-6-10-15)20(24)16-11-7-4-8-12-16/h2-13,18H,1,14H2/b17-13+. The van der Waals surface area contributed by atoms with E-state index >= 15 is 0 Å². The summed E-state index contributed by atoms with van der Waals surface area (Å²) in [7, 11) is 0. The summed E-state index contributed by atoms with van der Waals surface area (Å²) in [5.41, 5.74) is 1.61. The zero-order valence-corrected chi connectivity index (χ0v) is 13.6. The van der Waals surface area contributed by atoms with Gasteiger partial charge in [0.05, 0.1) is 5.92 Å². The number of carbonyl (C=O) groups is 3. The van der Waals surface area contributed by atoms with E-state index in [1.165, 1.54) is 6.20 Å². The van der Waals surface area contributed by atoms with Crippen LogP contribution in [0, 0.1) is 5.92 Å². The molecule has 4 nitrogen and oxygen atoms in total. The fourth-order valence-corrected chi connectivity index (χ4v) is 2.90. The molecule has 1 aliphatic heterocycles. The summed E-state index contributed by atoms with van der Waals surface area (Å²) in [5.74, 6) is -1.80. The molecule has 1 heterocycles. The second kappa shape index (κ2) is 7.09. The predicted octanol–water partition coefficient (Wildman–Crippen LogP) is 3.47. The summed E-state index contributed by atoms with van der Waals surface area (Å²) in [5, 5.41) is 0. The number of imide groups is 1. The van der Waals surface area contributed by atoms with Crippen LogP contribution in [-0.2, 0) is 9.59 Å². The van der Waals surface area contributed by atoms with E-state index in [-0.39, 0.29) is 18.1 Å². The summed E-state index contributed by atoms with van der Waals surface area (Å²) in [4.78, 5) is 38.6. The number of rotatable bonds is 5. The van der Waals surface area contributed by atoms with Crippen molar-refractivity contribution in [2.24, 2.45) is 5.92 Å². The van der Waals surface area contributed by atoms with Crippen LogP contribution in [0.15, 0.2) is 79.0 Å². The van der Waals surface area contributed by atoms with Crippen molar-refractivity contribution >= 4 is 23.7 Å². The molecule has 0 aliphatic carbocycles. The Morgan fingerprint density at radius 2 is 1.60 bits per heavy atom. The van der Waals surface area contributed by atoms with Crippen molar-refractivity contribution in [1.29, 1.82) is 0 Å². The lowest BCUT2D eigenvalue weighted by atomic mass is 9.89.